The van der Waals surface area contributed by atoms with Gasteiger partial charge in [-0.15, -0.1) is 0 Å². The van der Waals surface area contributed by atoms with Crippen molar-refractivity contribution in [3.8, 4) is 11.3 Å². The van der Waals surface area contributed by atoms with Crippen molar-refractivity contribution in [1.82, 2.24) is 24.3 Å². The smallest absolute Gasteiger partial charge is 0.256 e. The van der Waals surface area contributed by atoms with E-state index in [1.165, 1.54) is 0 Å². The van der Waals surface area contributed by atoms with Gasteiger partial charge in [0.05, 0.1) is 12.6 Å². The third kappa shape index (κ3) is 5.37. The number of ether oxygens (including phenoxy) is 1. The molecule has 0 saturated carbocycles. The summed E-state index contributed by atoms with van der Waals surface area (Å²) in [6.07, 6.45) is 10.9. The molecule has 0 aliphatic carbocycles. The van der Waals surface area contributed by atoms with Gasteiger partial charge in [0.1, 0.15) is 28.7 Å². The average molecular weight is 526 g/mol. The van der Waals surface area contributed by atoms with E-state index in [1.54, 1.807) is 43.8 Å². The first kappa shape index (κ1) is 26.1. The minimum Gasteiger partial charge on any atom is -0.382 e. The van der Waals surface area contributed by atoms with Gasteiger partial charge in [0.15, 0.2) is 0 Å². The van der Waals surface area contributed by atoms with E-state index in [-0.39, 0.29) is 17.9 Å². The highest BCUT2D eigenvalue weighted by Crippen LogP contribution is 2.36. The fraction of sp³-hybridized carbons (Fsp3) is 0.276. The molecule has 10 heteroatoms. The van der Waals surface area contributed by atoms with Crippen LogP contribution in [0, 0.1) is 0 Å². The Hall–Kier alpha value is -4.57. The van der Waals surface area contributed by atoms with Crippen molar-refractivity contribution in [2.75, 3.05) is 31.3 Å². The van der Waals surface area contributed by atoms with Crippen molar-refractivity contribution in [1.29, 1.82) is 0 Å². The van der Waals surface area contributed by atoms with Crippen LogP contribution in [0.2, 0.25) is 0 Å². The number of rotatable bonds is 8. The number of nitrogens with one attached hydrogen (secondary N) is 1. The third-order valence-corrected chi connectivity index (χ3v) is 6.86. The number of benzene rings is 1. The molecular weight excluding hydrogens is 494 g/mol. The predicted molar refractivity (Wildman–Crippen MR) is 149 cm³/mol. The highest BCUT2D eigenvalue weighted by Gasteiger charge is 2.33. The quantitative estimate of drug-likeness (QED) is 0.332. The second-order valence-corrected chi connectivity index (χ2v) is 9.33. The number of carbonyl (C=O) groups excluding carboxylic acids is 2. The molecular formula is C29H31N7O3. The van der Waals surface area contributed by atoms with Gasteiger partial charge < -0.3 is 20.7 Å². The Balaban J connectivity index is 1.45. The number of methoxy groups -OCH3 is 1. The normalized spacial score (nSPS) is 15.3. The summed E-state index contributed by atoms with van der Waals surface area (Å²) in [5.41, 5.74) is 10.0. The van der Waals surface area contributed by atoms with E-state index in [2.05, 4.69) is 22.2 Å². The van der Waals surface area contributed by atoms with Gasteiger partial charge in [-0.1, -0.05) is 25.1 Å². The number of hydrogen-bond acceptors (Lipinski definition) is 7. The molecule has 5 rings (SSSR count). The largest absolute Gasteiger partial charge is 0.382 e. The molecule has 2 amide bonds. The molecule has 1 aromatic carbocycles. The van der Waals surface area contributed by atoms with Gasteiger partial charge in [0.2, 0.25) is 5.91 Å². The zero-order valence-corrected chi connectivity index (χ0v) is 22.0. The first-order chi connectivity index (χ1) is 19.0. The Morgan fingerprint density at radius 1 is 1.18 bits per heavy atom. The first-order valence-electron chi connectivity index (χ1n) is 13.0. The SMILES string of the molecule is CCc1ccnc(NC(=O)c2ccc(-c3nc([C@@H]4CCCN4C(=O)C=CCOC)n4ccnc(N)c34)cc2)c1. The molecule has 1 fully saturated rings. The summed E-state index contributed by atoms with van der Waals surface area (Å²) in [4.78, 5) is 41.1. The molecule has 4 heterocycles. The molecule has 1 aliphatic heterocycles. The van der Waals surface area contributed by atoms with Crippen molar-refractivity contribution in [2.45, 2.75) is 32.2 Å². The van der Waals surface area contributed by atoms with Crippen LogP contribution in [-0.2, 0) is 16.0 Å². The minimum atomic E-state index is -0.250. The highest BCUT2D eigenvalue weighted by atomic mass is 16.5. The Labute approximate surface area is 226 Å². The van der Waals surface area contributed by atoms with E-state index in [1.807, 2.05) is 39.8 Å². The minimum absolute atomic E-state index is 0.0794. The van der Waals surface area contributed by atoms with Gasteiger partial charge in [-0.25, -0.2) is 15.0 Å². The monoisotopic (exact) mass is 525 g/mol. The maximum absolute atomic E-state index is 12.9. The van der Waals surface area contributed by atoms with Gasteiger partial charge in [-0.05, 0) is 49.1 Å². The van der Waals surface area contributed by atoms with Crippen LogP contribution < -0.4 is 11.1 Å². The Kier molecular flexibility index (Phi) is 7.64. The topological polar surface area (TPSA) is 128 Å². The highest BCUT2D eigenvalue weighted by molar-refractivity contribution is 6.04. The zero-order valence-electron chi connectivity index (χ0n) is 22.0. The number of nitrogen functional groups attached to an aromatic ring is 1. The van der Waals surface area contributed by atoms with Crippen LogP contribution >= 0.6 is 0 Å². The van der Waals surface area contributed by atoms with Gasteiger partial charge in [0, 0.05) is 49.4 Å². The molecule has 4 aromatic rings. The van der Waals surface area contributed by atoms with Crippen LogP contribution in [0.25, 0.3) is 16.8 Å². The molecule has 3 aromatic heterocycles. The molecule has 0 bridgehead atoms. The summed E-state index contributed by atoms with van der Waals surface area (Å²) >= 11 is 0. The van der Waals surface area contributed by atoms with Gasteiger partial charge in [-0.3, -0.25) is 14.0 Å². The number of nitrogens with two attached hydrogens (primary N) is 1. The molecule has 0 spiro atoms. The lowest BCUT2D eigenvalue weighted by atomic mass is 10.1. The van der Waals surface area contributed by atoms with Crippen LogP contribution in [0.4, 0.5) is 11.6 Å². The predicted octanol–water partition coefficient (Wildman–Crippen LogP) is 4.05. The first-order valence-corrected chi connectivity index (χ1v) is 13.0. The zero-order chi connectivity index (χ0) is 27.4. The molecule has 10 nitrogen and oxygen atoms in total. The van der Waals surface area contributed by atoms with Gasteiger partial charge >= 0.3 is 0 Å². The van der Waals surface area contributed by atoms with Gasteiger partial charge in [0.25, 0.3) is 5.91 Å². The second kappa shape index (κ2) is 11.4. The number of carbonyl (C=O) groups is 2. The van der Waals surface area contributed by atoms with Crippen molar-refractivity contribution < 1.29 is 14.3 Å². The van der Waals surface area contributed by atoms with E-state index in [0.29, 0.717) is 41.6 Å². The number of fused-ring (bicyclic) bond motifs is 1. The summed E-state index contributed by atoms with van der Waals surface area (Å²) < 4.78 is 6.95. The number of anilines is 2. The van der Waals surface area contributed by atoms with Crippen molar-refractivity contribution >= 4 is 29.0 Å². The van der Waals surface area contributed by atoms with Crippen LogP contribution in [0.3, 0.4) is 0 Å². The number of imidazole rings is 1. The fourth-order valence-electron chi connectivity index (χ4n) is 4.89. The summed E-state index contributed by atoms with van der Waals surface area (Å²) in [7, 11) is 1.59. The lowest BCUT2D eigenvalue weighted by molar-refractivity contribution is -0.127. The summed E-state index contributed by atoms with van der Waals surface area (Å²) in [6.45, 7) is 3.07. The summed E-state index contributed by atoms with van der Waals surface area (Å²) in [5, 5.41) is 2.86. The Bertz CT molecular complexity index is 1530. The lowest BCUT2D eigenvalue weighted by Crippen LogP contribution is -2.30. The third-order valence-electron chi connectivity index (χ3n) is 6.86. The molecule has 3 N–H and O–H groups in total. The van der Waals surface area contributed by atoms with Crippen LogP contribution in [-0.4, -0.2) is 56.3 Å². The van der Waals surface area contributed by atoms with Gasteiger partial charge in [-0.2, -0.15) is 0 Å². The van der Waals surface area contributed by atoms with E-state index in [0.717, 1.165) is 36.2 Å². The van der Waals surface area contributed by atoms with E-state index < -0.39 is 0 Å². The number of hydrogen-bond donors (Lipinski definition) is 2. The number of pyridine rings is 1. The van der Waals surface area contributed by atoms with E-state index in [9.17, 15) is 9.59 Å². The van der Waals surface area contributed by atoms with Crippen LogP contribution in [0.15, 0.2) is 67.1 Å². The van der Waals surface area contributed by atoms with Crippen molar-refractivity contribution in [3.05, 3.63) is 84.1 Å². The van der Waals surface area contributed by atoms with Crippen LogP contribution in [0.1, 0.15) is 47.6 Å². The second-order valence-electron chi connectivity index (χ2n) is 9.33. The summed E-state index contributed by atoms with van der Waals surface area (Å²) in [5.74, 6) is 1.25. The molecule has 200 valence electrons. The van der Waals surface area contributed by atoms with Crippen molar-refractivity contribution in [2.24, 2.45) is 0 Å². The standard InChI is InChI=1S/C29H31N7O3/c1-3-19-12-13-31-23(18-19)33-29(38)21-10-8-20(9-11-21)25-26-27(30)32-14-16-36(26)28(34-25)22-6-4-15-35(22)24(37)7-5-17-39-2/h5,7-14,16,18,22H,3-4,6,15,17H2,1-2H3,(H2,30,32)(H,31,33,38)/t22-/m0/s1. The van der Waals surface area contributed by atoms with Crippen molar-refractivity contribution in [3.63, 3.8) is 0 Å². The lowest BCUT2D eigenvalue weighted by Gasteiger charge is -2.22. The number of aryl methyl sites for hydroxylation is 1. The van der Waals surface area contributed by atoms with E-state index >= 15 is 0 Å². The molecule has 0 unspecified atom stereocenters. The maximum atomic E-state index is 12.9. The number of likely N-dealkylation sites (tertiary alicyclic amines) is 1. The molecule has 1 aliphatic rings. The number of aromatic nitrogens is 4. The fourth-order valence-corrected chi connectivity index (χ4v) is 4.89. The molecule has 0 radical (unpaired) electrons. The molecule has 1 atom stereocenters. The Morgan fingerprint density at radius 2 is 2.00 bits per heavy atom. The molecule has 39 heavy (non-hydrogen) atoms. The summed E-state index contributed by atoms with van der Waals surface area (Å²) in [6, 6.07) is 10.8. The number of amides is 2. The maximum Gasteiger partial charge on any atom is 0.256 e. The molecule has 1 saturated heterocycles. The average Bonchev–Trinajstić information content (AvgIpc) is 3.59. The number of nitrogens with zero attached hydrogens (tertiary/aromatic N) is 5. The van der Waals surface area contributed by atoms with Crippen LogP contribution in [0.5, 0.6) is 0 Å². The Morgan fingerprint density at radius 3 is 2.77 bits per heavy atom. The van der Waals surface area contributed by atoms with E-state index in [4.69, 9.17) is 15.5 Å².